The van der Waals surface area contributed by atoms with Crippen LogP contribution in [-0.4, -0.2) is 13.7 Å². The van der Waals surface area contributed by atoms with Crippen molar-refractivity contribution in [3.8, 4) is 5.75 Å². The third kappa shape index (κ3) is 3.39. The molecular weight excluding hydrogens is 299 g/mol. The quantitative estimate of drug-likeness (QED) is 0.878. The van der Waals surface area contributed by atoms with Gasteiger partial charge < -0.3 is 10.1 Å². The first-order chi connectivity index (χ1) is 9.99. The van der Waals surface area contributed by atoms with Gasteiger partial charge in [-0.15, -0.1) is 11.3 Å². The van der Waals surface area contributed by atoms with Gasteiger partial charge in [-0.25, -0.2) is 0 Å². The normalized spacial score (nSPS) is 13.2. The summed E-state index contributed by atoms with van der Waals surface area (Å²) >= 11 is 1.38. The molecule has 2 nitrogen and oxygen atoms in total. The van der Waals surface area contributed by atoms with Gasteiger partial charge >= 0.3 is 6.18 Å². The van der Waals surface area contributed by atoms with Gasteiger partial charge in [-0.2, -0.15) is 13.2 Å². The lowest BCUT2D eigenvalue weighted by atomic mass is 9.98. The molecule has 0 aliphatic heterocycles. The molecule has 1 heterocycles. The van der Waals surface area contributed by atoms with E-state index in [9.17, 15) is 13.2 Å². The summed E-state index contributed by atoms with van der Waals surface area (Å²) in [5.74, 6) is 0.600. The molecule has 0 amide bonds. The number of methoxy groups -OCH3 is 1. The molecule has 0 aliphatic carbocycles. The van der Waals surface area contributed by atoms with E-state index < -0.39 is 17.8 Å². The first-order valence-electron chi connectivity index (χ1n) is 6.50. The predicted octanol–water partition coefficient (Wildman–Crippen LogP) is 4.47. The van der Waals surface area contributed by atoms with E-state index in [-0.39, 0.29) is 5.56 Å². The fraction of sp³-hybridized carbons (Fsp3) is 0.333. The van der Waals surface area contributed by atoms with E-state index >= 15 is 0 Å². The summed E-state index contributed by atoms with van der Waals surface area (Å²) in [7, 11) is 1.52. The molecule has 0 spiro atoms. The van der Waals surface area contributed by atoms with Gasteiger partial charge in [-0.1, -0.05) is 25.1 Å². The molecule has 0 fully saturated rings. The molecular formula is C15H16F3NOS. The summed E-state index contributed by atoms with van der Waals surface area (Å²) in [6.45, 7) is 2.42. The molecule has 2 rings (SSSR count). The number of halogens is 3. The Kier molecular flexibility index (Phi) is 4.90. The van der Waals surface area contributed by atoms with Crippen LogP contribution in [0.1, 0.15) is 29.0 Å². The highest BCUT2D eigenvalue weighted by Crippen LogP contribution is 2.40. The highest BCUT2D eigenvalue weighted by atomic mass is 32.1. The summed E-state index contributed by atoms with van der Waals surface area (Å²) in [5.41, 5.74) is -0.404. The van der Waals surface area contributed by atoms with E-state index in [1.165, 1.54) is 30.6 Å². The van der Waals surface area contributed by atoms with Crippen LogP contribution in [0, 0.1) is 0 Å². The molecule has 1 aromatic heterocycles. The molecule has 6 heteroatoms. The molecule has 0 saturated heterocycles. The zero-order chi connectivity index (χ0) is 15.5. The molecule has 0 bridgehead atoms. The van der Waals surface area contributed by atoms with E-state index in [0.717, 1.165) is 10.9 Å². The minimum atomic E-state index is -4.38. The second kappa shape index (κ2) is 6.49. The van der Waals surface area contributed by atoms with Crippen LogP contribution >= 0.6 is 11.3 Å². The fourth-order valence-corrected chi connectivity index (χ4v) is 3.20. The van der Waals surface area contributed by atoms with Crippen LogP contribution in [0.3, 0.4) is 0 Å². The second-order valence-corrected chi connectivity index (χ2v) is 5.38. The summed E-state index contributed by atoms with van der Waals surface area (Å²) in [6, 6.07) is 6.87. The Morgan fingerprint density at radius 2 is 1.95 bits per heavy atom. The van der Waals surface area contributed by atoms with Crippen molar-refractivity contribution < 1.29 is 17.9 Å². The third-order valence-corrected chi connectivity index (χ3v) is 4.09. The van der Waals surface area contributed by atoms with Gasteiger partial charge in [0.15, 0.2) is 0 Å². The Morgan fingerprint density at radius 1 is 1.24 bits per heavy atom. The van der Waals surface area contributed by atoms with Gasteiger partial charge in [0.05, 0.1) is 23.6 Å². The Hall–Kier alpha value is -1.53. The lowest BCUT2D eigenvalue weighted by Gasteiger charge is -2.22. The number of hydrogen-bond acceptors (Lipinski definition) is 3. The van der Waals surface area contributed by atoms with Crippen molar-refractivity contribution >= 4 is 11.3 Å². The van der Waals surface area contributed by atoms with Crippen LogP contribution in [0.15, 0.2) is 35.7 Å². The van der Waals surface area contributed by atoms with Crippen molar-refractivity contribution in [2.24, 2.45) is 0 Å². The SMILES string of the molecule is CCNC(c1ccccc1C(F)(F)F)c1sccc1OC. The van der Waals surface area contributed by atoms with Crippen molar-refractivity contribution in [1.29, 1.82) is 0 Å². The third-order valence-electron chi connectivity index (χ3n) is 3.12. The molecule has 1 atom stereocenters. The highest BCUT2D eigenvalue weighted by Gasteiger charge is 2.35. The van der Waals surface area contributed by atoms with Crippen molar-refractivity contribution in [2.45, 2.75) is 19.1 Å². The Bertz CT molecular complexity index is 595. The van der Waals surface area contributed by atoms with Gasteiger partial charge in [0.2, 0.25) is 0 Å². The summed E-state index contributed by atoms with van der Waals surface area (Å²) in [6.07, 6.45) is -4.38. The minimum Gasteiger partial charge on any atom is -0.496 e. The second-order valence-electron chi connectivity index (χ2n) is 4.43. The zero-order valence-corrected chi connectivity index (χ0v) is 12.5. The zero-order valence-electron chi connectivity index (χ0n) is 11.7. The minimum absolute atomic E-state index is 0.215. The number of nitrogens with one attached hydrogen (secondary N) is 1. The van der Waals surface area contributed by atoms with Gasteiger partial charge in [0.25, 0.3) is 0 Å². The lowest BCUT2D eigenvalue weighted by Crippen LogP contribution is -2.24. The van der Waals surface area contributed by atoms with E-state index in [1.54, 1.807) is 12.1 Å². The van der Waals surface area contributed by atoms with Crippen LogP contribution < -0.4 is 10.1 Å². The van der Waals surface area contributed by atoms with E-state index in [2.05, 4.69) is 5.32 Å². The van der Waals surface area contributed by atoms with Crippen molar-refractivity contribution in [3.63, 3.8) is 0 Å². The Morgan fingerprint density at radius 3 is 2.57 bits per heavy atom. The number of benzene rings is 1. The first-order valence-corrected chi connectivity index (χ1v) is 7.37. The molecule has 0 radical (unpaired) electrons. The molecule has 114 valence electrons. The van der Waals surface area contributed by atoms with Gasteiger partial charge in [0, 0.05) is 0 Å². The van der Waals surface area contributed by atoms with Crippen molar-refractivity contribution in [1.82, 2.24) is 5.32 Å². The molecule has 1 N–H and O–H groups in total. The summed E-state index contributed by atoms with van der Waals surface area (Å²) in [4.78, 5) is 0.746. The van der Waals surface area contributed by atoms with Crippen LogP contribution in [-0.2, 0) is 6.18 Å². The van der Waals surface area contributed by atoms with E-state index in [4.69, 9.17) is 4.74 Å². The molecule has 0 saturated carbocycles. The topological polar surface area (TPSA) is 21.3 Å². The average Bonchev–Trinajstić information content (AvgIpc) is 2.92. The number of thiophene rings is 1. The maximum atomic E-state index is 13.2. The van der Waals surface area contributed by atoms with Crippen LogP contribution in [0.4, 0.5) is 13.2 Å². The molecule has 0 aliphatic rings. The van der Waals surface area contributed by atoms with Gasteiger partial charge in [-0.05, 0) is 29.6 Å². The average molecular weight is 315 g/mol. The van der Waals surface area contributed by atoms with Crippen molar-refractivity contribution in [3.05, 3.63) is 51.7 Å². The highest BCUT2D eigenvalue weighted by molar-refractivity contribution is 7.10. The van der Waals surface area contributed by atoms with E-state index in [0.29, 0.717) is 12.3 Å². The predicted molar refractivity (Wildman–Crippen MR) is 77.8 cm³/mol. The maximum Gasteiger partial charge on any atom is 0.416 e. The number of alkyl halides is 3. The van der Waals surface area contributed by atoms with Crippen molar-refractivity contribution in [2.75, 3.05) is 13.7 Å². The van der Waals surface area contributed by atoms with Gasteiger partial charge in [0.1, 0.15) is 5.75 Å². The number of ether oxygens (including phenoxy) is 1. The smallest absolute Gasteiger partial charge is 0.416 e. The standard InChI is InChI=1S/C15H16F3NOS/c1-3-19-13(14-12(20-2)8-9-21-14)10-6-4-5-7-11(10)15(16,17)18/h4-9,13,19H,3H2,1-2H3. The summed E-state index contributed by atoms with van der Waals surface area (Å²) in [5, 5.41) is 4.93. The van der Waals surface area contributed by atoms with Gasteiger partial charge in [-0.3, -0.25) is 0 Å². The fourth-order valence-electron chi connectivity index (χ4n) is 2.24. The number of hydrogen-bond donors (Lipinski definition) is 1. The molecule has 21 heavy (non-hydrogen) atoms. The molecule has 1 aromatic carbocycles. The molecule has 1 unspecified atom stereocenters. The number of rotatable bonds is 5. The van der Waals surface area contributed by atoms with Crippen LogP contribution in [0.2, 0.25) is 0 Å². The largest absolute Gasteiger partial charge is 0.496 e. The molecule has 2 aromatic rings. The maximum absolute atomic E-state index is 13.2. The van der Waals surface area contributed by atoms with Crippen LogP contribution in [0.25, 0.3) is 0 Å². The lowest BCUT2D eigenvalue weighted by molar-refractivity contribution is -0.138. The Labute approximate surface area is 125 Å². The first kappa shape index (κ1) is 15.9. The van der Waals surface area contributed by atoms with E-state index in [1.807, 2.05) is 12.3 Å². The Balaban J connectivity index is 2.54. The van der Waals surface area contributed by atoms with Crippen LogP contribution in [0.5, 0.6) is 5.75 Å². The monoisotopic (exact) mass is 315 g/mol. The summed E-state index contributed by atoms with van der Waals surface area (Å²) < 4.78 is 44.9.